The highest BCUT2D eigenvalue weighted by Gasteiger charge is 2.10. The predicted octanol–water partition coefficient (Wildman–Crippen LogP) is 3.61. The second-order valence-corrected chi connectivity index (χ2v) is 5.41. The van der Waals surface area contributed by atoms with Crippen LogP contribution in [0.2, 0.25) is 0 Å². The molecule has 2 aromatic carbocycles. The molecule has 21 heavy (non-hydrogen) atoms. The van der Waals surface area contributed by atoms with Crippen molar-refractivity contribution in [3.05, 3.63) is 59.7 Å². The van der Waals surface area contributed by atoms with E-state index < -0.39 is 0 Å². The molecule has 0 heterocycles. The molecule has 2 rings (SSSR count). The zero-order chi connectivity index (χ0) is 15.2. The fraction of sp³-hybridized carbons (Fsp3) is 0.333. The first kappa shape index (κ1) is 15.4. The van der Waals surface area contributed by atoms with Crippen molar-refractivity contribution in [2.45, 2.75) is 19.5 Å². The fourth-order valence-electron chi connectivity index (χ4n) is 2.32. The second kappa shape index (κ2) is 7.14. The maximum atomic E-state index is 5.42. The Labute approximate surface area is 127 Å². The van der Waals surface area contributed by atoms with Crippen LogP contribution < -0.4 is 15.0 Å². The standard InChI is InChI=1S/C18H24N2O/c1-14(17-7-5-6-8-18(17)21-4)19-13-15-9-11-16(12-10-15)20(2)3/h5-12,14,19H,13H2,1-4H3. The van der Waals surface area contributed by atoms with Crippen molar-refractivity contribution < 1.29 is 4.74 Å². The summed E-state index contributed by atoms with van der Waals surface area (Å²) < 4.78 is 5.42. The van der Waals surface area contributed by atoms with Gasteiger partial charge in [0.1, 0.15) is 5.75 Å². The Morgan fingerprint density at radius 2 is 1.71 bits per heavy atom. The lowest BCUT2D eigenvalue weighted by molar-refractivity contribution is 0.401. The lowest BCUT2D eigenvalue weighted by Crippen LogP contribution is -2.18. The first-order valence-corrected chi connectivity index (χ1v) is 7.24. The van der Waals surface area contributed by atoms with Crippen LogP contribution in [0, 0.1) is 0 Å². The van der Waals surface area contributed by atoms with Crippen LogP contribution in [0.3, 0.4) is 0 Å². The van der Waals surface area contributed by atoms with Crippen molar-refractivity contribution in [2.75, 3.05) is 26.1 Å². The Hall–Kier alpha value is -2.00. The predicted molar refractivity (Wildman–Crippen MR) is 89.0 cm³/mol. The van der Waals surface area contributed by atoms with Crippen LogP contribution in [0.25, 0.3) is 0 Å². The van der Waals surface area contributed by atoms with Gasteiger partial charge in [0.25, 0.3) is 0 Å². The van der Waals surface area contributed by atoms with E-state index in [1.807, 2.05) is 18.2 Å². The molecule has 112 valence electrons. The van der Waals surface area contributed by atoms with Gasteiger partial charge in [-0.25, -0.2) is 0 Å². The Kier molecular flexibility index (Phi) is 5.23. The molecule has 1 atom stereocenters. The number of para-hydroxylation sites is 1. The van der Waals surface area contributed by atoms with Crippen molar-refractivity contribution in [3.63, 3.8) is 0 Å². The van der Waals surface area contributed by atoms with Crippen LogP contribution in [0.1, 0.15) is 24.1 Å². The molecule has 0 aliphatic carbocycles. The van der Waals surface area contributed by atoms with Crippen molar-refractivity contribution >= 4 is 5.69 Å². The molecular weight excluding hydrogens is 260 g/mol. The van der Waals surface area contributed by atoms with E-state index in [9.17, 15) is 0 Å². The normalized spacial score (nSPS) is 12.0. The maximum absolute atomic E-state index is 5.42. The van der Waals surface area contributed by atoms with Gasteiger partial charge in [0.05, 0.1) is 7.11 Å². The van der Waals surface area contributed by atoms with E-state index in [2.05, 4.69) is 61.6 Å². The molecule has 1 unspecified atom stereocenters. The molecular formula is C18H24N2O. The van der Waals surface area contributed by atoms with Gasteiger partial charge in [-0.3, -0.25) is 0 Å². The van der Waals surface area contributed by atoms with E-state index in [-0.39, 0.29) is 6.04 Å². The average molecular weight is 284 g/mol. The molecule has 0 radical (unpaired) electrons. The molecule has 0 saturated heterocycles. The smallest absolute Gasteiger partial charge is 0.123 e. The molecule has 0 spiro atoms. The summed E-state index contributed by atoms with van der Waals surface area (Å²) in [7, 11) is 5.82. The number of benzene rings is 2. The molecule has 0 aliphatic rings. The van der Waals surface area contributed by atoms with Crippen molar-refractivity contribution in [2.24, 2.45) is 0 Å². The average Bonchev–Trinajstić information content (AvgIpc) is 2.52. The van der Waals surface area contributed by atoms with E-state index in [4.69, 9.17) is 4.74 Å². The van der Waals surface area contributed by atoms with Crippen LogP contribution >= 0.6 is 0 Å². The van der Waals surface area contributed by atoms with Crippen LogP contribution in [0.15, 0.2) is 48.5 Å². The molecule has 2 aromatic rings. The first-order chi connectivity index (χ1) is 10.1. The Bertz CT molecular complexity index is 564. The zero-order valence-corrected chi connectivity index (χ0v) is 13.3. The number of anilines is 1. The van der Waals surface area contributed by atoms with Gasteiger partial charge < -0.3 is 15.0 Å². The van der Waals surface area contributed by atoms with Gasteiger partial charge in [0, 0.05) is 37.9 Å². The maximum Gasteiger partial charge on any atom is 0.123 e. The van der Waals surface area contributed by atoms with Gasteiger partial charge in [-0.1, -0.05) is 30.3 Å². The van der Waals surface area contributed by atoms with Crippen molar-refractivity contribution in [1.82, 2.24) is 5.32 Å². The number of rotatable bonds is 6. The molecule has 0 saturated carbocycles. The third-order valence-electron chi connectivity index (χ3n) is 3.67. The summed E-state index contributed by atoms with van der Waals surface area (Å²) in [5.41, 5.74) is 3.68. The quantitative estimate of drug-likeness (QED) is 0.877. The van der Waals surface area contributed by atoms with Gasteiger partial charge in [0.15, 0.2) is 0 Å². The molecule has 1 N–H and O–H groups in total. The van der Waals surface area contributed by atoms with Crippen molar-refractivity contribution in [3.8, 4) is 5.75 Å². The van der Waals surface area contributed by atoms with Crippen molar-refractivity contribution in [1.29, 1.82) is 0 Å². The highest BCUT2D eigenvalue weighted by molar-refractivity contribution is 5.46. The number of methoxy groups -OCH3 is 1. The molecule has 0 bridgehead atoms. The van der Waals surface area contributed by atoms with Gasteiger partial charge in [-0.2, -0.15) is 0 Å². The van der Waals surface area contributed by atoms with Gasteiger partial charge in [-0.05, 0) is 30.7 Å². The summed E-state index contributed by atoms with van der Waals surface area (Å²) in [5.74, 6) is 0.931. The highest BCUT2D eigenvalue weighted by atomic mass is 16.5. The molecule has 0 fully saturated rings. The van der Waals surface area contributed by atoms with E-state index in [1.54, 1.807) is 7.11 Å². The lowest BCUT2D eigenvalue weighted by atomic mass is 10.1. The second-order valence-electron chi connectivity index (χ2n) is 5.41. The largest absolute Gasteiger partial charge is 0.496 e. The van der Waals surface area contributed by atoms with Crippen LogP contribution in [-0.2, 0) is 6.54 Å². The van der Waals surface area contributed by atoms with E-state index in [1.165, 1.54) is 16.8 Å². The number of ether oxygens (including phenoxy) is 1. The fourth-order valence-corrected chi connectivity index (χ4v) is 2.32. The number of nitrogens with one attached hydrogen (secondary N) is 1. The number of hydrogen-bond acceptors (Lipinski definition) is 3. The molecule has 0 aliphatic heterocycles. The molecule has 3 nitrogen and oxygen atoms in total. The summed E-state index contributed by atoms with van der Waals surface area (Å²) in [6, 6.07) is 17.0. The summed E-state index contributed by atoms with van der Waals surface area (Å²) in [6.45, 7) is 3.00. The Morgan fingerprint density at radius 1 is 1.05 bits per heavy atom. The molecule has 0 aromatic heterocycles. The topological polar surface area (TPSA) is 24.5 Å². The van der Waals surface area contributed by atoms with Gasteiger partial charge in [-0.15, -0.1) is 0 Å². The van der Waals surface area contributed by atoms with Crippen LogP contribution in [-0.4, -0.2) is 21.2 Å². The monoisotopic (exact) mass is 284 g/mol. The Balaban J connectivity index is 1.99. The molecule has 3 heteroatoms. The highest BCUT2D eigenvalue weighted by Crippen LogP contribution is 2.24. The van der Waals surface area contributed by atoms with E-state index >= 15 is 0 Å². The third kappa shape index (κ3) is 3.99. The number of hydrogen-bond donors (Lipinski definition) is 1. The SMILES string of the molecule is COc1ccccc1C(C)NCc1ccc(N(C)C)cc1. The summed E-state index contributed by atoms with van der Waals surface area (Å²) in [4.78, 5) is 2.11. The van der Waals surface area contributed by atoms with Crippen LogP contribution in [0.5, 0.6) is 5.75 Å². The summed E-state index contributed by atoms with van der Waals surface area (Å²) >= 11 is 0. The third-order valence-corrected chi connectivity index (χ3v) is 3.67. The molecule has 0 amide bonds. The van der Waals surface area contributed by atoms with Gasteiger partial charge >= 0.3 is 0 Å². The minimum atomic E-state index is 0.245. The lowest BCUT2D eigenvalue weighted by Gasteiger charge is -2.18. The van der Waals surface area contributed by atoms with E-state index in [0.717, 1.165) is 12.3 Å². The Morgan fingerprint density at radius 3 is 2.33 bits per heavy atom. The minimum absolute atomic E-state index is 0.245. The zero-order valence-electron chi connectivity index (χ0n) is 13.3. The van der Waals surface area contributed by atoms with Gasteiger partial charge in [0.2, 0.25) is 0 Å². The first-order valence-electron chi connectivity index (χ1n) is 7.24. The summed E-state index contributed by atoms with van der Waals surface area (Å²) in [6.07, 6.45) is 0. The minimum Gasteiger partial charge on any atom is -0.496 e. The number of nitrogens with zero attached hydrogens (tertiary/aromatic N) is 1. The van der Waals surface area contributed by atoms with Crippen LogP contribution in [0.4, 0.5) is 5.69 Å². The van der Waals surface area contributed by atoms with E-state index in [0.29, 0.717) is 0 Å². The summed E-state index contributed by atoms with van der Waals surface area (Å²) in [5, 5.41) is 3.54.